The Hall–Kier alpha value is -0.440. The van der Waals surface area contributed by atoms with E-state index in [1.54, 1.807) is 18.4 Å². The van der Waals surface area contributed by atoms with Crippen molar-refractivity contribution in [3.05, 3.63) is 57.5 Å². The average Bonchev–Trinajstić information content (AvgIpc) is 2.79. The van der Waals surface area contributed by atoms with E-state index in [4.69, 9.17) is 27.6 Å². The SMILES string of the molecule is CCc1occc1C(Br)c1cc(Cl)ccc1Cl. The van der Waals surface area contributed by atoms with Crippen molar-refractivity contribution in [2.75, 3.05) is 0 Å². The lowest BCUT2D eigenvalue weighted by atomic mass is 10.0. The number of aryl methyl sites for hydroxylation is 1. The molecule has 0 N–H and O–H groups in total. The third-order valence-electron chi connectivity index (χ3n) is 2.61. The van der Waals surface area contributed by atoms with E-state index in [1.165, 1.54) is 0 Å². The molecule has 0 saturated heterocycles. The number of hydrogen-bond acceptors (Lipinski definition) is 1. The van der Waals surface area contributed by atoms with Crippen LogP contribution < -0.4 is 0 Å². The molecule has 1 aromatic heterocycles. The number of rotatable bonds is 3. The van der Waals surface area contributed by atoms with E-state index in [0.717, 1.165) is 23.3 Å². The normalized spacial score (nSPS) is 12.7. The lowest BCUT2D eigenvalue weighted by molar-refractivity contribution is 0.512. The van der Waals surface area contributed by atoms with Gasteiger partial charge in [-0.2, -0.15) is 0 Å². The van der Waals surface area contributed by atoms with Crippen LogP contribution in [0.3, 0.4) is 0 Å². The van der Waals surface area contributed by atoms with E-state index in [1.807, 2.05) is 12.1 Å². The minimum atomic E-state index is 0.00222. The van der Waals surface area contributed by atoms with Gasteiger partial charge >= 0.3 is 0 Å². The molecule has 0 amide bonds. The molecule has 1 unspecified atom stereocenters. The van der Waals surface area contributed by atoms with E-state index in [2.05, 4.69) is 22.9 Å². The molecule has 0 aliphatic carbocycles. The highest BCUT2D eigenvalue weighted by Gasteiger charge is 2.18. The van der Waals surface area contributed by atoms with Gasteiger partial charge in [0.05, 0.1) is 11.1 Å². The molecule has 0 spiro atoms. The molecule has 1 aromatic carbocycles. The third-order valence-corrected chi connectivity index (χ3v) is 4.17. The van der Waals surface area contributed by atoms with Gasteiger partial charge in [0.1, 0.15) is 5.76 Å². The van der Waals surface area contributed by atoms with Crippen LogP contribution in [0.5, 0.6) is 0 Å². The zero-order valence-corrected chi connectivity index (χ0v) is 12.3. The first-order valence-electron chi connectivity index (χ1n) is 5.28. The Balaban J connectivity index is 2.43. The molecular formula is C13H11BrCl2O. The van der Waals surface area contributed by atoms with Crippen LogP contribution in [0.1, 0.15) is 28.6 Å². The molecule has 17 heavy (non-hydrogen) atoms. The first-order valence-corrected chi connectivity index (χ1v) is 6.96. The average molecular weight is 334 g/mol. The Labute approximate surface area is 119 Å². The zero-order chi connectivity index (χ0) is 12.4. The summed E-state index contributed by atoms with van der Waals surface area (Å²) in [5, 5.41) is 1.37. The quantitative estimate of drug-likeness (QED) is 0.663. The fraction of sp³-hybridized carbons (Fsp3) is 0.231. The van der Waals surface area contributed by atoms with Crippen molar-refractivity contribution < 1.29 is 4.42 Å². The van der Waals surface area contributed by atoms with Crippen LogP contribution in [-0.4, -0.2) is 0 Å². The number of benzene rings is 1. The Morgan fingerprint density at radius 2 is 2.00 bits per heavy atom. The molecule has 0 bridgehead atoms. The number of alkyl halides is 1. The topological polar surface area (TPSA) is 13.1 Å². The van der Waals surface area contributed by atoms with Gasteiger partial charge in [-0.05, 0) is 29.8 Å². The summed E-state index contributed by atoms with van der Waals surface area (Å²) in [7, 11) is 0. The van der Waals surface area contributed by atoms with Gasteiger partial charge in [0, 0.05) is 22.0 Å². The molecule has 1 heterocycles. The number of halogens is 3. The standard InChI is InChI=1S/C13H11BrCl2O/c1-2-12-9(5-6-17-12)13(14)10-7-8(15)3-4-11(10)16/h3-7,13H,2H2,1H3. The highest BCUT2D eigenvalue weighted by molar-refractivity contribution is 9.09. The number of hydrogen-bond donors (Lipinski definition) is 0. The van der Waals surface area contributed by atoms with Gasteiger partial charge < -0.3 is 4.42 Å². The van der Waals surface area contributed by atoms with Gasteiger partial charge in [-0.1, -0.05) is 46.1 Å². The molecule has 4 heteroatoms. The van der Waals surface area contributed by atoms with Crippen molar-refractivity contribution in [3.8, 4) is 0 Å². The molecule has 0 aliphatic rings. The monoisotopic (exact) mass is 332 g/mol. The highest BCUT2D eigenvalue weighted by Crippen LogP contribution is 2.38. The molecule has 90 valence electrons. The molecule has 0 saturated carbocycles. The lowest BCUT2D eigenvalue weighted by Crippen LogP contribution is -1.95. The summed E-state index contributed by atoms with van der Waals surface area (Å²) in [6.07, 6.45) is 2.55. The van der Waals surface area contributed by atoms with Gasteiger partial charge in [-0.25, -0.2) is 0 Å². The van der Waals surface area contributed by atoms with Crippen LogP contribution in [0, 0.1) is 0 Å². The molecule has 0 radical (unpaired) electrons. The predicted octanol–water partition coefficient (Wildman–Crippen LogP) is 5.63. The summed E-state index contributed by atoms with van der Waals surface area (Å²) in [4.78, 5) is 0.00222. The van der Waals surface area contributed by atoms with Gasteiger partial charge in [-0.3, -0.25) is 0 Å². The zero-order valence-electron chi connectivity index (χ0n) is 9.21. The van der Waals surface area contributed by atoms with Crippen LogP contribution >= 0.6 is 39.1 Å². The summed E-state index contributed by atoms with van der Waals surface area (Å²) >= 11 is 15.8. The molecule has 1 atom stereocenters. The minimum Gasteiger partial charge on any atom is -0.469 e. The third kappa shape index (κ3) is 2.70. The van der Waals surface area contributed by atoms with E-state index >= 15 is 0 Å². The first-order chi connectivity index (χ1) is 8.13. The maximum absolute atomic E-state index is 6.18. The second-order valence-corrected chi connectivity index (χ2v) is 5.44. The van der Waals surface area contributed by atoms with Crippen LogP contribution in [-0.2, 0) is 6.42 Å². The van der Waals surface area contributed by atoms with Crippen molar-refractivity contribution in [2.45, 2.75) is 18.2 Å². The minimum absolute atomic E-state index is 0.00222. The summed E-state index contributed by atoms with van der Waals surface area (Å²) < 4.78 is 5.42. The van der Waals surface area contributed by atoms with Gasteiger partial charge in [0.2, 0.25) is 0 Å². The largest absolute Gasteiger partial charge is 0.469 e. The summed E-state index contributed by atoms with van der Waals surface area (Å²) in [5.41, 5.74) is 2.05. The van der Waals surface area contributed by atoms with Crippen molar-refractivity contribution in [1.29, 1.82) is 0 Å². The molecule has 1 nitrogen and oxygen atoms in total. The van der Waals surface area contributed by atoms with Crippen LogP contribution in [0.4, 0.5) is 0 Å². The Bertz CT molecular complexity index is 522. The first kappa shape index (κ1) is 13.0. The predicted molar refractivity (Wildman–Crippen MR) is 75.3 cm³/mol. The fourth-order valence-electron chi connectivity index (χ4n) is 1.74. The van der Waals surface area contributed by atoms with Crippen LogP contribution in [0.2, 0.25) is 10.0 Å². The van der Waals surface area contributed by atoms with Crippen molar-refractivity contribution >= 4 is 39.1 Å². The maximum Gasteiger partial charge on any atom is 0.108 e. The van der Waals surface area contributed by atoms with E-state index < -0.39 is 0 Å². The van der Waals surface area contributed by atoms with Crippen molar-refractivity contribution in [2.24, 2.45) is 0 Å². The van der Waals surface area contributed by atoms with Crippen LogP contribution in [0.25, 0.3) is 0 Å². The molecule has 2 rings (SSSR count). The van der Waals surface area contributed by atoms with Gasteiger partial charge in [0.15, 0.2) is 0 Å². The number of furan rings is 1. The Morgan fingerprint density at radius 1 is 1.24 bits per heavy atom. The molecular weight excluding hydrogens is 323 g/mol. The summed E-state index contributed by atoms with van der Waals surface area (Å²) in [6, 6.07) is 7.41. The summed E-state index contributed by atoms with van der Waals surface area (Å²) in [6.45, 7) is 2.06. The smallest absolute Gasteiger partial charge is 0.108 e. The van der Waals surface area contributed by atoms with Crippen LogP contribution in [0.15, 0.2) is 34.9 Å². The van der Waals surface area contributed by atoms with E-state index in [-0.39, 0.29) is 4.83 Å². The van der Waals surface area contributed by atoms with E-state index in [0.29, 0.717) is 10.0 Å². The van der Waals surface area contributed by atoms with Crippen molar-refractivity contribution in [1.82, 2.24) is 0 Å². The second-order valence-electron chi connectivity index (χ2n) is 3.68. The van der Waals surface area contributed by atoms with Crippen molar-refractivity contribution in [3.63, 3.8) is 0 Å². The highest BCUT2D eigenvalue weighted by atomic mass is 79.9. The fourth-order valence-corrected chi connectivity index (χ4v) is 3.07. The molecule has 0 aliphatic heterocycles. The summed E-state index contributed by atoms with van der Waals surface area (Å²) in [5.74, 6) is 0.961. The van der Waals surface area contributed by atoms with Gasteiger partial charge in [-0.15, -0.1) is 0 Å². The molecule has 0 fully saturated rings. The van der Waals surface area contributed by atoms with Gasteiger partial charge in [0.25, 0.3) is 0 Å². The lowest BCUT2D eigenvalue weighted by Gasteiger charge is -2.12. The molecule has 2 aromatic rings. The Morgan fingerprint density at radius 3 is 2.71 bits per heavy atom. The van der Waals surface area contributed by atoms with E-state index in [9.17, 15) is 0 Å². The maximum atomic E-state index is 6.18. The second kappa shape index (κ2) is 5.47. The Kier molecular flexibility index (Phi) is 4.18.